The Hall–Kier alpha value is -1.15. The largest absolute Gasteiger partial charge is 0.465 e. The second kappa shape index (κ2) is 8.04. The Bertz CT molecular complexity index is 374. The van der Waals surface area contributed by atoms with Crippen molar-refractivity contribution in [2.75, 3.05) is 19.0 Å². The molecular weight excluding hydrogens is 264 g/mol. The number of carbonyl (C=O) groups is 2. The molecular formula is C10H14O7S. The SMILES string of the molecule is [CH]COC(=O)CC(CCS(=O)(=O)O)C(=O)OC[CH]. The summed E-state index contributed by atoms with van der Waals surface area (Å²) in [6.45, 7) is 9.21. The van der Waals surface area contributed by atoms with E-state index in [-0.39, 0.29) is 13.0 Å². The molecule has 0 aliphatic heterocycles. The van der Waals surface area contributed by atoms with E-state index >= 15 is 0 Å². The Morgan fingerprint density at radius 3 is 2.17 bits per heavy atom. The molecule has 1 atom stereocenters. The monoisotopic (exact) mass is 278 g/mol. The van der Waals surface area contributed by atoms with Crippen molar-refractivity contribution in [3.8, 4) is 0 Å². The second-order valence-electron chi connectivity index (χ2n) is 3.29. The highest BCUT2D eigenvalue weighted by atomic mass is 32.2. The zero-order valence-corrected chi connectivity index (χ0v) is 10.4. The highest BCUT2D eigenvalue weighted by Crippen LogP contribution is 2.13. The van der Waals surface area contributed by atoms with Gasteiger partial charge in [0.2, 0.25) is 0 Å². The summed E-state index contributed by atoms with van der Waals surface area (Å²) in [7, 11) is -4.23. The molecule has 0 aromatic heterocycles. The van der Waals surface area contributed by atoms with Crippen molar-refractivity contribution in [1.29, 1.82) is 0 Å². The van der Waals surface area contributed by atoms with Gasteiger partial charge < -0.3 is 9.47 Å². The van der Waals surface area contributed by atoms with E-state index in [1.165, 1.54) is 0 Å². The third-order valence-corrected chi connectivity index (χ3v) is 2.69. The Morgan fingerprint density at radius 1 is 1.17 bits per heavy atom. The van der Waals surface area contributed by atoms with Crippen molar-refractivity contribution in [2.24, 2.45) is 5.92 Å². The van der Waals surface area contributed by atoms with Gasteiger partial charge in [0.1, 0.15) is 0 Å². The minimum atomic E-state index is -4.23. The predicted octanol–water partition coefficient (Wildman–Crippen LogP) is -0.221. The minimum Gasteiger partial charge on any atom is -0.465 e. The third-order valence-electron chi connectivity index (χ3n) is 1.94. The fraction of sp³-hybridized carbons (Fsp3) is 0.600. The van der Waals surface area contributed by atoms with Gasteiger partial charge in [-0.05, 0) is 6.42 Å². The van der Waals surface area contributed by atoms with Crippen LogP contribution in [0.4, 0.5) is 0 Å². The first-order valence-electron chi connectivity index (χ1n) is 4.97. The maximum absolute atomic E-state index is 11.4. The topological polar surface area (TPSA) is 107 Å². The van der Waals surface area contributed by atoms with Crippen LogP contribution in [0.25, 0.3) is 0 Å². The lowest BCUT2D eigenvalue weighted by Gasteiger charge is -2.13. The summed E-state index contributed by atoms with van der Waals surface area (Å²) in [5, 5.41) is 0. The molecule has 0 aliphatic rings. The van der Waals surface area contributed by atoms with Crippen LogP contribution in [0.5, 0.6) is 0 Å². The molecule has 0 aromatic rings. The van der Waals surface area contributed by atoms with Gasteiger partial charge in [0.25, 0.3) is 10.1 Å². The van der Waals surface area contributed by atoms with E-state index in [0.717, 1.165) is 0 Å². The summed E-state index contributed by atoms with van der Waals surface area (Å²) in [5.41, 5.74) is 0. The number of carbonyl (C=O) groups excluding carboxylic acids is 2. The summed E-state index contributed by atoms with van der Waals surface area (Å²) in [4.78, 5) is 22.5. The molecule has 1 unspecified atom stereocenters. The fourth-order valence-electron chi connectivity index (χ4n) is 1.15. The smallest absolute Gasteiger partial charge is 0.309 e. The molecule has 0 aliphatic carbocycles. The maximum atomic E-state index is 11.4. The quantitative estimate of drug-likeness (QED) is 0.483. The molecule has 0 saturated carbocycles. The molecule has 0 bridgehead atoms. The van der Waals surface area contributed by atoms with E-state index in [2.05, 4.69) is 9.47 Å². The first-order chi connectivity index (χ1) is 8.30. The van der Waals surface area contributed by atoms with E-state index in [4.69, 9.17) is 18.4 Å². The van der Waals surface area contributed by atoms with Gasteiger partial charge >= 0.3 is 11.9 Å². The second-order valence-corrected chi connectivity index (χ2v) is 4.86. The first kappa shape index (κ1) is 16.9. The van der Waals surface area contributed by atoms with Crippen LogP contribution in [0.15, 0.2) is 0 Å². The van der Waals surface area contributed by atoms with Crippen LogP contribution in [-0.2, 0) is 29.2 Å². The molecule has 102 valence electrons. The zero-order valence-electron chi connectivity index (χ0n) is 9.57. The van der Waals surface area contributed by atoms with Crippen LogP contribution < -0.4 is 0 Å². The standard InChI is InChI=1S/C10H14O7S/c1-3-16-9(11)7-8(10(12)17-4-2)5-6-18(13,14)15/h1-2,8H,3-7H2,(H,13,14,15). The van der Waals surface area contributed by atoms with Gasteiger partial charge in [-0.2, -0.15) is 8.42 Å². The molecule has 4 radical (unpaired) electrons. The number of hydrogen-bond donors (Lipinski definition) is 1. The molecule has 0 saturated heterocycles. The Balaban J connectivity index is 4.52. The number of esters is 2. The van der Waals surface area contributed by atoms with E-state index in [1.807, 2.05) is 0 Å². The summed E-state index contributed by atoms with van der Waals surface area (Å²) >= 11 is 0. The molecule has 1 N–H and O–H groups in total. The van der Waals surface area contributed by atoms with Gasteiger partial charge in [-0.25, -0.2) is 0 Å². The van der Waals surface area contributed by atoms with Gasteiger partial charge in [0.15, 0.2) is 0 Å². The Labute approximate surface area is 106 Å². The van der Waals surface area contributed by atoms with Gasteiger partial charge in [0.05, 0.1) is 31.3 Å². The predicted molar refractivity (Wildman–Crippen MR) is 59.7 cm³/mol. The third kappa shape index (κ3) is 8.02. The van der Waals surface area contributed by atoms with Crippen LogP contribution >= 0.6 is 0 Å². The highest BCUT2D eigenvalue weighted by molar-refractivity contribution is 7.85. The molecule has 18 heavy (non-hydrogen) atoms. The van der Waals surface area contributed by atoms with Crippen molar-refractivity contribution in [1.82, 2.24) is 0 Å². The lowest BCUT2D eigenvalue weighted by Crippen LogP contribution is -2.24. The van der Waals surface area contributed by atoms with E-state index in [9.17, 15) is 18.0 Å². The van der Waals surface area contributed by atoms with Crippen molar-refractivity contribution in [3.05, 3.63) is 13.8 Å². The molecule has 0 rings (SSSR count). The highest BCUT2D eigenvalue weighted by Gasteiger charge is 2.25. The Morgan fingerprint density at radius 2 is 1.72 bits per heavy atom. The van der Waals surface area contributed by atoms with Crippen molar-refractivity contribution < 1.29 is 32.0 Å². The lowest BCUT2D eigenvalue weighted by molar-refractivity contribution is -0.154. The van der Waals surface area contributed by atoms with Crippen molar-refractivity contribution in [3.63, 3.8) is 0 Å². The number of ether oxygens (including phenoxy) is 2. The summed E-state index contributed by atoms with van der Waals surface area (Å²) in [6, 6.07) is 0. The molecule has 0 aromatic carbocycles. The van der Waals surface area contributed by atoms with Crippen molar-refractivity contribution >= 4 is 22.1 Å². The first-order valence-corrected chi connectivity index (χ1v) is 6.58. The summed E-state index contributed by atoms with van der Waals surface area (Å²) in [5.74, 6) is -3.34. The summed E-state index contributed by atoms with van der Waals surface area (Å²) in [6.07, 6.45) is -0.678. The van der Waals surface area contributed by atoms with Crippen molar-refractivity contribution in [2.45, 2.75) is 12.8 Å². The fourth-order valence-corrected chi connectivity index (χ4v) is 1.73. The van der Waals surface area contributed by atoms with Crippen LogP contribution in [-0.4, -0.2) is 43.9 Å². The molecule has 0 amide bonds. The summed E-state index contributed by atoms with van der Waals surface area (Å²) < 4.78 is 38.6. The minimum absolute atomic E-state index is 0.280. The zero-order chi connectivity index (χ0) is 14.2. The average molecular weight is 278 g/mol. The van der Waals surface area contributed by atoms with Gasteiger partial charge in [0, 0.05) is 13.8 Å². The molecule has 0 heterocycles. The van der Waals surface area contributed by atoms with Crippen LogP contribution in [0.3, 0.4) is 0 Å². The van der Waals surface area contributed by atoms with E-state index in [0.29, 0.717) is 0 Å². The normalized spacial score (nSPS) is 12.8. The van der Waals surface area contributed by atoms with Gasteiger partial charge in [-0.1, -0.05) is 0 Å². The lowest BCUT2D eigenvalue weighted by atomic mass is 10.0. The van der Waals surface area contributed by atoms with Crippen LogP contribution in [0, 0.1) is 19.8 Å². The Kier molecular flexibility index (Phi) is 7.53. The van der Waals surface area contributed by atoms with E-state index < -0.39 is 46.8 Å². The van der Waals surface area contributed by atoms with E-state index in [1.54, 1.807) is 0 Å². The molecule has 8 heteroatoms. The molecule has 7 nitrogen and oxygen atoms in total. The molecule has 0 spiro atoms. The average Bonchev–Trinajstić information content (AvgIpc) is 2.23. The van der Waals surface area contributed by atoms with Gasteiger partial charge in [-0.15, -0.1) is 0 Å². The number of rotatable bonds is 8. The van der Waals surface area contributed by atoms with Gasteiger partial charge in [-0.3, -0.25) is 14.1 Å². The van der Waals surface area contributed by atoms with Crippen LogP contribution in [0.2, 0.25) is 0 Å². The molecule has 0 fully saturated rings. The maximum Gasteiger partial charge on any atom is 0.309 e. The van der Waals surface area contributed by atoms with Crippen LogP contribution in [0.1, 0.15) is 12.8 Å². The number of hydrogen-bond acceptors (Lipinski definition) is 6.